The van der Waals surface area contributed by atoms with Gasteiger partial charge in [-0.05, 0) is 54.9 Å². The minimum atomic E-state index is -0.725. The third-order valence-corrected chi connectivity index (χ3v) is 3.80. The lowest BCUT2D eigenvalue weighted by molar-refractivity contribution is -0.0130. The first-order valence-corrected chi connectivity index (χ1v) is 7.06. The standard InChI is InChI=1S/C14H20BrF2NO/c1-5-8-18-13(14(2,3)19-4)11-10(16)7-6-9(15)12(11)17/h6-7,13,18H,5,8H2,1-4H3. The van der Waals surface area contributed by atoms with Gasteiger partial charge in [0.05, 0.1) is 16.1 Å². The molecule has 0 aliphatic heterocycles. The molecule has 0 saturated heterocycles. The number of halogens is 3. The average molecular weight is 336 g/mol. The van der Waals surface area contributed by atoms with E-state index in [0.29, 0.717) is 6.54 Å². The molecule has 0 radical (unpaired) electrons. The molecule has 1 N–H and O–H groups in total. The lowest BCUT2D eigenvalue weighted by atomic mass is 9.90. The Balaban J connectivity index is 3.28. The van der Waals surface area contributed by atoms with Crippen LogP contribution in [0.15, 0.2) is 16.6 Å². The molecule has 108 valence electrons. The van der Waals surface area contributed by atoms with Crippen molar-refractivity contribution in [1.29, 1.82) is 0 Å². The summed E-state index contributed by atoms with van der Waals surface area (Å²) < 4.78 is 33.9. The summed E-state index contributed by atoms with van der Waals surface area (Å²) in [6.45, 7) is 6.26. The second-order valence-electron chi connectivity index (χ2n) is 4.95. The van der Waals surface area contributed by atoms with Crippen molar-refractivity contribution in [2.24, 2.45) is 0 Å². The first-order valence-electron chi connectivity index (χ1n) is 6.27. The van der Waals surface area contributed by atoms with Crippen molar-refractivity contribution in [1.82, 2.24) is 5.32 Å². The van der Waals surface area contributed by atoms with Crippen molar-refractivity contribution >= 4 is 15.9 Å². The lowest BCUT2D eigenvalue weighted by Crippen LogP contribution is -2.42. The van der Waals surface area contributed by atoms with Crippen LogP contribution < -0.4 is 5.32 Å². The van der Waals surface area contributed by atoms with Gasteiger partial charge in [-0.25, -0.2) is 8.78 Å². The van der Waals surface area contributed by atoms with Crippen LogP contribution in [0.4, 0.5) is 8.78 Å². The zero-order valence-corrected chi connectivity index (χ0v) is 13.3. The third-order valence-electron chi connectivity index (χ3n) is 3.19. The summed E-state index contributed by atoms with van der Waals surface area (Å²) >= 11 is 3.10. The third kappa shape index (κ3) is 3.74. The van der Waals surface area contributed by atoms with Crippen molar-refractivity contribution in [2.75, 3.05) is 13.7 Å². The quantitative estimate of drug-likeness (QED) is 0.787. The molecule has 1 aromatic rings. The highest BCUT2D eigenvalue weighted by molar-refractivity contribution is 9.10. The van der Waals surface area contributed by atoms with Crippen LogP contribution in [0.25, 0.3) is 0 Å². The summed E-state index contributed by atoms with van der Waals surface area (Å²) in [7, 11) is 1.54. The van der Waals surface area contributed by atoms with Gasteiger partial charge in [0.25, 0.3) is 0 Å². The molecule has 19 heavy (non-hydrogen) atoms. The van der Waals surface area contributed by atoms with E-state index in [4.69, 9.17) is 4.74 Å². The molecule has 1 unspecified atom stereocenters. The summed E-state index contributed by atoms with van der Waals surface area (Å²) in [6.07, 6.45) is 0.869. The van der Waals surface area contributed by atoms with Gasteiger partial charge in [0.1, 0.15) is 11.6 Å². The molecule has 0 aromatic heterocycles. The van der Waals surface area contributed by atoms with Crippen molar-refractivity contribution in [2.45, 2.75) is 38.8 Å². The fraction of sp³-hybridized carbons (Fsp3) is 0.571. The fourth-order valence-corrected chi connectivity index (χ4v) is 2.26. The maximum absolute atomic E-state index is 14.2. The number of hydrogen-bond donors (Lipinski definition) is 1. The largest absolute Gasteiger partial charge is 0.377 e. The smallest absolute Gasteiger partial charge is 0.145 e. The van der Waals surface area contributed by atoms with Crippen LogP contribution in [0.5, 0.6) is 0 Å². The van der Waals surface area contributed by atoms with Crippen LogP contribution in [-0.2, 0) is 4.74 Å². The molecule has 2 nitrogen and oxygen atoms in total. The van der Waals surface area contributed by atoms with Crippen LogP contribution in [0.1, 0.15) is 38.8 Å². The summed E-state index contributed by atoms with van der Waals surface area (Å²) in [5.74, 6) is -1.15. The van der Waals surface area contributed by atoms with Crippen molar-refractivity contribution in [3.63, 3.8) is 0 Å². The molecular weight excluding hydrogens is 316 g/mol. The topological polar surface area (TPSA) is 21.3 Å². The van der Waals surface area contributed by atoms with Crippen molar-refractivity contribution in [3.8, 4) is 0 Å². The minimum absolute atomic E-state index is 0.00896. The highest BCUT2D eigenvalue weighted by Crippen LogP contribution is 2.34. The molecule has 0 heterocycles. The second kappa shape index (κ2) is 6.77. The molecule has 0 fully saturated rings. The van der Waals surface area contributed by atoms with Crippen LogP contribution in [0.2, 0.25) is 0 Å². The fourth-order valence-electron chi connectivity index (χ4n) is 1.91. The summed E-state index contributed by atoms with van der Waals surface area (Å²) in [4.78, 5) is 0. The molecule has 0 bridgehead atoms. The monoisotopic (exact) mass is 335 g/mol. The maximum atomic E-state index is 14.2. The molecular formula is C14H20BrF2NO. The van der Waals surface area contributed by atoms with Gasteiger partial charge in [0, 0.05) is 12.7 Å². The van der Waals surface area contributed by atoms with Gasteiger partial charge < -0.3 is 10.1 Å². The Morgan fingerprint density at radius 3 is 2.53 bits per heavy atom. The Labute approximate surface area is 121 Å². The van der Waals surface area contributed by atoms with E-state index in [9.17, 15) is 8.78 Å². The summed E-state index contributed by atoms with van der Waals surface area (Å²) in [5, 5.41) is 3.16. The molecule has 0 amide bonds. The van der Waals surface area contributed by atoms with Crippen LogP contribution >= 0.6 is 15.9 Å². The average Bonchev–Trinajstić information content (AvgIpc) is 2.37. The Hall–Kier alpha value is -0.520. The van der Waals surface area contributed by atoms with Gasteiger partial charge in [-0.2, -0.15) is 0 Å². The Bertz CT molecular complexity index is 438. The van der Waals surface area contributed by atoms with Gasteiger partial charge >= 0.3 is 0 Å². The second-order valence-corrected chi connectivity index (χ2v) is 5.81. The van der Waals surface area contributed by atoms with Crippen molar-refractivity contribution in [3.05, 3.63) is 33.8 Å². The molecule has 0 spiro atoms. The highest BCUT2D eigenvalue weighted by Gasteiger charge is 2.34. The van der Waals surface area contributed by atoms with E-state index in [-0.39, 0.29) is 10.0 Å². The van der Waals surface area contributed by atoms with E-state index in [1.54, 1.807) is 13.8 Å². The number of hydrogen-bond acceptors (Lipinski definition) is 2. The maximum Gasteiger partial charge on any atom is 0.145 e. The van der Waals surface area contributed by atoms with E-state index in [0.717, 1.165) is 6.42 Å². The Morgan fingerprint density at radius 1 is 1.37 bits per heavy atom. The number of methoxy groups -OCH3 is 1. The number of rotatable bonds is 6. The minimum Gasteiger partial charge on any atom is -0.377 e. The Morgan fingerprint density at radius 2 is 2.00 bits per heavy atom. The normalized spacial score (nSPS) is 13.6. The first kappa shape index (κ1) is 16.5. The Kier molecular flexibility index (Phi) is 5.89. The van der Waals surface area contributed by atoms with Gasteiger partial charge in [-0.1, -0.05) is 6.92 Å². The molecule has 1 aromatic carbocycles. The van der Waals surface area contributed by atoms with E-state index < -0.39 is 23.3 Å². The van der Waals surface area contributed by atoms with Crippen LogP contribution in [0.3, 0.4) is 0 Å². The van der Waals surface area contributed by atoms with Gasteiger partial charge in [0.15, 0.2) is 0 Å². The molecule has 5 heteroatoms. The number of benzene rings is 1. The number of ether oxygens (including phenoxy) is 1. The van der Waals surface area contributed by atoms with Gasteiger partial charge in [0.2, 0.25) is 0 Å². The summed E-state index contributed by atoms with van der Waals surface area (Å²) in [5.41, 5.74) is -0.716. The zero-order chi connectivity index (χ0) is 14.6. The summed E-state index contributed by atoms with van der Waals surface area (Å²) in [6, 6.07) is 2.06. The lowest BCUT2D eigenvalue weighted by Gasteiger charge is -2.34. The predicted molar refractivity (Wildman–Crippen MR) is 76.2 cm³/mol. The van der Waals surface area contributed by atoms with Crippen molar-refractivity contribution < 1.29 is 13.5 Å². The van der Waals surface area contributed by atoms with Gasteiger partial charge in [-0.15, -0.1) is 0 Å². The van der Waals surface area contributed by atoms with E-state index in [2.05, 4.69) is 21.2 Å². The van der Waals surface area contributed by atoms with E-state index in [1.807, 2.05) is 6.92 Å². The van der Waals surface area contributed by atoms with Gasteiger partial charge in [-0.3, -0.25) is 0 Å². The van der Waals surface area contributed by atoms with Crippen LogP contribution in [0, 0.1) is 11.6 Å². The predicted octanol–water partition coefficient (Wildman–Crippen LogP) is 4.19. The van der Waals surface area contributed by atoms with Crippen LogP contribution in [-0.4, -0.2) is 19.3 Å². The molecule has 0 aliphatic rings. The SMILES string of the molecule is CCCNC(c1c(F)ccc(Br)c1F)C(C)(C)OC. The van der Waals surface area contributed by atoms with E-state index in [1.165, 1.54) is 19.2 Å². The highest BCUT2D eigenvalue weighted by atomic mass is 79.9. The number of nitrogens with one attached hydrogen (secondary N) is 1. The zero-order valence-electron chi connectivity index (χ0n) is 11.7. The first-order chi connectivity index (χ1) is 8.85. The molecule has 0 aliphatic carbocycles. The molecule has 0 saturated carbocycles. The van der Waals surface area contributed by atoms with E-state index >= 15 is 0 Å². The molecule has 1 rings (SSSR count). The molecule has 1 atom stereocenters.